The van der Waals surface area contributed by atoms with Crippen LogP contribution in [0.3, 0.4) is 0 Å². The number of benzene rings is 2. The van der Waals surface area contributed by atoms with Crippen molar-refractivity contribution in [2.75, 3.05) is 47.4 Å². The maximum absolute atomic E-state index is 13.0. The van der Waals surface area contributed by atoms with Crippen molar-refractivity contribution in [2.24, 2.45) is 0 Å². The summed E-state index contributed by atoms with van der Waals surface area (Å²) in [7, 11) is 4.73. The first-order valence-electron chi connectivity index (χ1n) is 11.7. The molecule has 8 heteroatoms. The molecule has 3 aromatic rings. The average Bonchev–Trinajstić information content (AvgIpc) is 3.27. The van der Waals surface area contributed by atoms with Gasteiger partial charge in [-0.1, -0.05) is 29.8 Å². The minimum absolute atomic E-state index is 0.0436. The number of hydrogen-bond donors (Lipinski definition) is 0. The fourth-order valence-electron chi connectivity index (χ4n) is 4.53. The molecule has 0 bridgehead atoms. The second-order valence-electron chi connectivity index (χ2n) is 8.98. The molecule has 0 aliphatic carbocycles. The number of hydrogen-bond acceptors (Lipinski definition) is 7. The van der Waals surface area contributed by atoms with E-state index >= 15 is 0 Å². The SMILES string of the molecule is COC(=O)c1c(-c2cc(C)cc(CN3CCN(C)CC3)c2C)nn(-c2ccccc2)c1C(=O)OC. The Bertz CT molecular complexity index is 1230. The number of ether oxygens (including phenoxy) is 2. The van der Waals surface area contributed by atoms with E-state index in [4.69, 9.17) is 14.6 Å². The Morgan fingerprint density at radius 2 is 1.60 bits per heavy atom. The van der Waals surface area contributed by atoms with E-state index in [9.17, 15) is 9.59 Å². The first kappa shape index (κ1) is 24.6. The Morgan fingerprint density at radius 1 is 0.943 bits per heavy atom. The average molecular weight is 477 g/mol. The number of para-hydroxylation sites is 1. The molecule has 2 heterocycles. The monoisotopic (exact) mass is 476 g/mol. The van der Waals surface area contributed by atoms with Crippen LogP contribution in [-0.4, -0.2) is 79.0 Å². The van der Waals surface area contributed by atoms with Gasteiger partial charge in [-0.2, -0.15) is 5.10 Å². The molecule has 0 amide bonds. The molecule has 0 spiro atoms. The van der Waals surface area contributed by atoms with Crippen molar-refractivity contribution in [3.05, 3.63) is 70.4 Å². The molecule has 35 heavy (non-hydrogen) atoms. The third-order valence-electron chi connectivity index (χ3n) is 6.56. The minimum atomic E-state index is -0.657. The van der Waals surface area contributed by atoms with Gasteiger partial charge < -0.3 is 14.4 Å². The number of aryl methyl sites for hydroxylation is 1. The van der Waals surface area contributed by atoms with Gasteiger partial charge >= 0.3 is 11.9 Å². The molecule has 8 nitrogen and oxygen atoms in total. The number of methoxy groups -OCH3 is 2. The van der Waals surface area contributed by atoms with E-state index in [0.717, 1.165) is 49.4 Å². The molecule has 0 atom stereocenters. The quantitative estimate of drug-likeness (QED) is 0.504. The Kier molecular flexibility index (Phi) is 7.33. The smallest absolute Gasteiger partial charge is 0.357 e. The van der Waals surface area contributed by atoms with E-state index in [1.54, 1.807) is 0 Å². The predicted molar refractivity (Wildman–Crippen MR) is 134 cm³/mol. The van der Waals surface area contributed by atoms with Crippen molar-refractivity contribution in [1.82, 2.24) is 19.6 Å². The molecular weight excluding hydrogens is 444 g/mol. The highest BCUT2D eigenvalue weighted by Crippen LogP contribution is 2.33. The normalized spacial score (nSPS) is 14.7. The van der Waals surface area contributed by atoms with Crippen LogP contribution in [0.15, 0.2) is 42.5 Å². The van der Waals surface area contributed by atoms with Crippen molar-refractivity contribution in [1.29, 1.82) is 0 Å². The van der Waals surface area contributed by atoms with Gasteiger partial charge in [0.1, 0.15) is 11.3 Å². The Morgan fingerprint density at radius 3 is 2.23 bits per heavy atom. The van der Waals surface area contributed by atoms with Gasteiger partial charge in [-0.05, 0) is 50.2 Å². The second kappa shape index (κ2) is 10.4. The van der Waals surface area contributed by atoms with Gasteiger partial charge in [0.15, 0.2) is 5.69 Å². The first-order valence-corrected chi connectivity index (χ1v) is 11.7. The molecule has 1 aliphatic rings. The summed E-state index contributed by atoms with van der Waals surface area (Å²) in [5.41, 5.74) is 5.25. The number of carbonyl (C=O) groups is 2. The van der Waals surface area contributed by atoms with Gasteiger partial charge in [-0.15, -0.1) is 0 Å². The molecule has 1 aromatic heterocycles. The summed E-state index contributed by atoms with van der Waals surface area (Å²) in [5.74, 6) is -1.29. The molecule has 1 saturated heterocycles. The van der Waals surface area contributed by atoms with E-state index < -0.39 is 11.9 Å². The van der Waals surface area contributed by atoms with Crippen LogP contribution in [0.4, 0.5) is 0 Å². The van der Waals surface area contributed by atoms with Gasteiger partial charge in [0.25, 0.3) is 0 Å². The summed E-state index contributed by atoms with van der Waals surface area (Å²) in [5, 5.41) is 4.78. The van der Waals surface area contributed by atoms with Gasteiger partial charge in [-0.25, -0.2) is 14.3 Å². The van der Waals surface area contributed by atoms with Crippen LogP contribution < -0.4 is 0 Å². The van der Waals surface area contributed by atoms with Gasteiger partial charge in [0.2, 0.25) is 0 Å². The summed E-state index contributed by atoms with van der Waals surface area (Å²) in [6.07, 6.45) is 0. The zero-order valence-corrected chi connectivity index (χ0v) is 21.0. The lowest BCUT2D eigenvalue weighted by molar-refractivity contribution is 0.0549. The first-order chi connectivity index (χ1) is 16.8. The van der Waals surface area contributed by atoms with Crippen LogP contribution in [0.5, 0.6) is 0 Å². The number of likely N-dealkylation sites (N-methyl/N-ethyl adjacent to an activating group) is 1. The lowest BCUT2D eigenvalue weighted by atomic mass is 9.94. The lowest BCUT2D eigenvalue weighted by Crippen LogP contribution is -2.44. The van der Waals surface area contributed by atoms with E-state index in [1.807, 2.05) is 50.2 Å². The van der Waals surface area contributed by atoms with Crippen molar-refractivity contribution in [3.63, 3.8) is 0 Å². The molecule has 184 valence electrons. The Hall–Kier alpha value is -3.49. The maximum atomic E-state index is 13.0. The van der Waals surface area contributed by atoms with Gasteiger partial charge in [0.05, 0.1) is 19.9 Å². The number of nitrogens with zero attached hydrogens (tertiary/aromatic N) is 4. The standard InChI is InChI=1S/C27H32N4O4/c1-18-15-20(17-30-13-11-29(3)12-14-30)19(2)22(16-18)24-23(26(32)34-4)25(27(33)35-5)31(28-24)21-9-7-6-8-10-21/h6-10,15-16H,11-14,17H2,1-5H3. The zero-order chi connectivity index (χ0) is 25.1. The molecule has 4 rings (SSSR count). The molecule has 1 aliphatic heterocycles. The predicted octanol–water partition coefficient (Wildman–Crippen LogP) is 3.48. The van der Waals surface area contributed by atoms with Crippen molar-refractivity contribution < 1.29 is 19.1 Å². The summed E-state index contributed by atoms with van der Waals surface area (Å²) in [4.78, 5) is 30.7. The zero-order valence-electron chi connectivity index (χ0n) is 21.0. The maximum Gasteiger partial charge on any atom is 0.357 e. The number of rotatable bonds is 6. The molecular formula is C27H32N4O4. The van der Waals surface area contributed by atoms with Gasteiger partial charge in [-0.3, -0.25) is 4.90 Å². The minimum Gasteiger partial charge on any atom is -0.465 e. The van der Waals surface area contributed by atoms with Crippen LogP contribution in [-0.2, 0) is 16.0 Å². The van der Waals surface area contributed by atoms with Crippen LogP contribution >= 0.6 is 0 Å². The van der Waals surface area contributed by atoms with Crippen LogP contribution in [0.2, 0.25) is 0 Å². The van der Waals surface area contributed by atoms with E-state index in [-0.39, 0.29) is 11.3 Å². The third-order valence-corrected chi connectivity index (χ3v) is 6.56. The summed E-state index contributed by atoms with van der Waals surface area (Å²) in [6, 6.07) is 13.4. The van der Waals surface area contributed by atoms with Crippen molar-refractivity contribution in [2.45, 2.75) is 20.4 Å². The van der Waals surface area contributed by atoms with Crippen molar-refractivity contribution >= 4 is 11.9 Å². The summed E-state index contributed by atoms with van der Waals surface area (Å²) < 4.78 is 11.6. The number of esters is 2. The van der Waals surface area contributed by atoms with E-state index in [0.29, 0.717) is 11.4 Å². The largest absolute Gasteiger partial charge is 0.465 e. The lowest BCUT2D eigenvalue weighted by Gasteiger charge is -2.33. The molecule has 0 N–H and O–H groups in total. The molecule has 1 fully saturated rings. The number of aromatic nitrogens is 2. The van der Waals surface area contributed by atoms with E-state index in [2.05, 4.69) is 22.9 Å². The van der Waals surface area contributed by atoms with Crippen LogP contribution in [0.25, 0.3) is 16.9 Å². The number of carbonyl (C=O) groups excluding carboxylic acids is 2. The Balaban J connectivity index is 1.89. The fraction of sp³-hybridized carbons (Fsp3) is 0.370. The molecule has 0 unspecified atom stereocenters. The Labute approximate surface area is 206 Å². The van der Waals surface area contributed by atoms with Crippen LogP contribution in [0, 0.1) is 13.8 Å². The fourth-order valence-corrected chi connectivity index (χ4v) is 4.53. The summed E-state index contributed by atoms with van der Waals surface area (Å²) >= 11 is 0. The topological polar surface area (TPSA) is 76.9 Å². The second-order valence-corrected chi connectivity index (χ2v) is 8.98. The van der Waals surface area contributed by atoms with Gasteiger partial charge in [0, 0.05) is 38.3 Å². The van der Waals surface area contributed by atoms with E-state index in [1.165, 1.54) is 24.5 Å². The molecule has 0 saturated carbocycles. The summed E-state index contributed by atoms with van der Waals surface area (Å²) in [6.45, 7) is 8.96. The highest BCUT2D eigenvalue weighted by molar-refractivity contribution is 6.07. The van der Waals surface area contributed by atoms with Crippen molar-refractivity contribution in [3.8, 4) is 16.9 Å². The molecule has 2 aromatic carbocycles. The highest BCUT2D eigenvalue weighted by Gasteiger charge is 2.32. The third kappa shape index (κ3) is 4.99. The number of piperazine rings is 1. The molecule has 0 radical (unpaired) electrons. The van der Waals surface area contributed by atoms with Crippen LogP contribution in [0.1, 0.15) is 37.5 Å². The highest BCUT2D eigenvalue weighted by atomic mass is 16.5.